The van der Waals surface area contributed by atoms with E-state index in [1.54, 1.807) is 0 Å². The smallest absolute Gasteiger partial charge is 0.281 e. The molecule has 3 nitrogen and oxygen atoms in total. The maximum Gasteiger partial charge on any atom is 0.281 e. The summed E-state index contributed by atoms with van der Waals surface area (Å²) in [5.41, 5.74) is -0.730. The van der Waals surface area contributed by atoms with Gasteiger partial charge < -0.3 is 4.74 Å². The van der Waals surface area contributed by atoms with Crippen LogP contribution in [0, 0.1) is 0 Å². The van der Waals surface area contributed by atoms with Crippen LogP contribution in [0.3, 0.4) is 0 Å². The lowest BCUT2D eigenvalue weighted by Crippen LogP contribution is -2.00. The third kappa shape index (κ3) is 1.89. The SMILES string of the molecule is COc1cnc(C(F)F)c(C=O)c1Br. The topological polar surface area (TPSA) is 39.2 Å². The second-order valence-electron chi connectivity index (χ2n) is 2.36. The summed E-state index contributed by atoms with van der Waals surface area (Å²) in [6.45, 7) is 0. The largest absolute Gasteiger partial charge is 0.494 e. The highest BCUT2D eigenvalue weighted by atomic mass is 79.9. The molecule has 0 radical (unpaired) electrons. The predicted octanol–water partition coefficient (Wildman–Crippen LogP) is 2.60. The molecule has 0 aliphatic rings. The normalized spacial score (nSPS) is 10.4. The van der Waals surface area contributed by atoms with E-state index in [0.29, 0.717) is 6.29 Å². The minimum atomic E-state index is -2.78. The zero-order valence-corrected chi connectivity index (χ0v) is 8.72. The number of ether oxygens (including phenoxy) is 1. The molecule has 1 aromatic rings. The molecule has 0 spiro atoms. The van der Waals surface area contributed by atoms with Crippen molar-refractivity contribution in [2.45, 2.75) is 6.43 Å². The highest BCUT2D eigenvalue weighted by Crippen LogP contribution is 2.32. The summed E-state index contributed by atoms with van der Waals surface area (Å²) in [5.74, 6) is 0.247. The average molecular weight is 266 g/mol. The Morgan fingerprint density at radius 2 is 2.29 bits per heavy atom. The monoisotopic (exact) mass is 265 g/mol. The van der Waals surface area contributed by atoms with Crippen LogP contribution in [0.4, 0.5) is 8.78 Å². The van der Waals surface area contributed by atoms with Gasteiger partial charge >= 0.3 is 0 Å². The molecule has 1 heterocycles. The predicted molar refractivity (Wildman–Crippen MR) is 48.8 cm³/mol. The first kappa shape index (κ1) is 11.0. The van der Waals surface area contributed by atoms with Crippen LogP contribution in [0.1, 0.15) is 22.5 Å². The van der Waals surface area contributed by atoms with Gasteiger partial charge in [0.2, 0.25) is 0 Å². The van der Waals surface area contributed by atoms with Crippen LogP contribution in [0.15, 0.2) is 10.7 Å². The third-order valence-electron chi connectivity index (χ3n) is 1.59. The highest BCUT2D eigenvalue weighted by Gasteiger charge is 2.19. The fraction of sp³-hybridized carbons (Fsp3) is 0.250. The minimum absolute atomic E-state index is 0.181. The molecule has 0 saturated carbocycles. The van der Waals surface area contributed by atoms with Crippen molar-refractivity contribution in [3.8, 4) is 5.75 Å². The molecule has 1 aromatic heterocycles. The lowest BCUT2D eigenvalue weighted by molar-refractivity contribution is 0.110. The van der Waals surface area contributed by atoms with Gasteiger partial charge in [0.15, 0.2) is 12.0 Å². The van der Waals surface area contributed by atoms with E-state index in [1.165, 1.54) is 7.11 Å². The summed E-state index contributed by atoms with van der Waals surface area (Å²) in [6, 6.07) is 0. The van der Waals surface area contributed by atoms with Gasteiger partial charge in [-0.15, -0.1) is 0 Å². The van der Waals surface area contributed by atoms with Crippen molar-refractivity contribution in [1.29, 1.82) is 0 Å². The van der Waals surface area contributed by atoms with Crippen LogP contribution >= 0.6 is 15.9 Å². The summed E-state index contributed by atoms with van der Waals surface area (Å²) in [7, 11) is 1.36. The maximum absolute atomic E-state index is 12.3. The molecule has 0 aromatic carbocycles. The van der Waals surface area contributed by atoms with E-state index in [-0.39, 0.29) is 15.8 Å². The number of hydrogen-bond acceptors (Lipinski definition) is 3. The van der Waals surface area contributed by atoms with Gasteiger partial charge in [-0.2, -0.15) is 0 Å². The van der Waals surface area contributed by atoms with E-state index in [4.69, 9.17) is 4.74 Å². The van der Waals surface area contributed by atoms with Crippen LogP contribution < -0.4 is 4.74 Å². The number of pyridine rings is 1. The number of aromatic nitrogens is 1. The van der Waals surface area contributed by atoms with Crippen molar-refractivity contribution in [3.63, 3.8) is 0 Å². The van der Waals surface area contributed by atoms with Gasteiger partial charge in [0.1, 0.15) is 5.69 Å². The van der Waals surface area contributed by atoms with E-state index < -0.39 is 12.1 Å². The Labute approximate surface area is 87.2 Å². The standard InChI is InChI=1S/C8H6BrF2NO2/c1-14-5-2-12-7(8(10)11)4(3-13)6(5)9/h2-3,8H,1H3. The number of rotatable bonds is 3. The second-order valence-corrected chi connectivity index (χ2v) is 3.15. The number of aldehydes is 1. The molecule has 0 aliphatic heterocycles. The number of halogens is 3. The summed E-state index contributed by atoms with van der Waals surface area (Å²) in [4.78, 5) is 14.0. The van der Waals surface area contributed by atoms with Crippen LogP contribution in [-0.4, -0.2) is 18.4 Å². The van der Waals surface area contributed by atoms with Gasteiger partial charge in [-0.3, -0.25) is 9.78 Å². The first-order valence-corrected chi connectivity index (χ1v) is 4.36. The Morgan fingerprint density at radius 1 is 1.64 bits per heavy atom. The lowest BCUT2D eigenvalue weighted by atomic mass is 10.2. The Balaban J connectivity index is 3.35. The molecular formula is C8H6BrF2NO2. The van der Waals surface area contributed by atoms with Crippen LogP contribution in [0.5, 0.6) is 5.75 Å². The van der Waals surface area contributed by atoms with Gasteiger partial charge in [0.05, 0.1) is 23.3 Å². The average Bonchev–Trinajstić information content (AvgIpc) is 2.17. The van der Waals surface area contributed by atoms with E-state index in [2.05, 4.69) is 20.9 Å². The fourth-order valence-corrected chi connectivity index (χ4v) is 1.49. The maximum atomic E-state index is 12.3. The van der Waals surface area contributed by atoms with Gasteiger partial charge in [0.25, 0.3) is 6.43 Å². The van der Waals surface area contributed by atoms with Crippen molar-refractivity contribution in [2.24, 2.45) is 0 Å². The van der Waals surface area contributed by atoms with Gasteiger partial charge in [-0.25, -0.2) is 8.78 Å². The number of methoxy groups -OCH3 is 1. The van der Waals surface area contributed by atoms with Crippen molar-refractivity contribution in [2.75, 3.05) is 7.11 Å². The Hall–Kier alpha value is -1.04. The van der Waals surface area contributed by atoms with Gasteiger partial charge in [-0.1, -0.05) is 0 Å². The molecule has 0 aliphatic carbocycles. The minimum Gasteiger partial charge on any atom is -0.494 e. The van der Waals surface area contributed by atoms with Crippen LogP contribution in [0.25, 0.3) is 0 Å². The second kappa shape index (κ2) is 4.45. The highest BCUT2D eigenvalue weighted by molar-refractivity contribution is 9.10. The number of hydrogen-bond donors (Lipinski definition) is 0. The molecule has 0 saturated heterocycles. The molecule has 0 N–H and O–H groups in total. The van der Waals surface area contributed by atoms with E-state index in [1.807, 2.05) is 0 Å². The molecule has 14 heavy (non-hydrogen) atoms. The Morgan fingerprint density at radius 3 is 2.71 bits per heavy atom. The fourth-order valence-electron chi connectivity index (χ4n) is 0.928. The Bertz CT molecular complexity index is 357. The number of carbonyl (C=O) groups excluding carboxylic acids is 1. The number of alkyl halides is 2. The molecule has 0 atom stereocenters. The molecule has 0 amide bonds. The molecular weight excluding hydrogens is 260 g/mol. The van der Waals surface area contributed by atoms with Crippen molar-refractivity contribution < 1.29 is 18.3 Å². The number of nitrogens with zero attached hydrogens (tertiary/aromatic N) is 1. The molecule has 76 valence electrons. The van der Waals surface area contributed by atoms with Gasteiger partial charge in [-0.05, 0) is 15.9 Å². The molecule has 6 heteroatoms. The summed E-state index contributed by atoms with van der Waals surface area (Å²) in [5, 5.41) is 0. The molecule has 1 rings (SSSR count). The van der Waals surface area contributed by atoms with Crippen LogP contribution in [0.2, 0.25) is 0 Å². The number of carbonyl (C=O) groups is 1. The van der Waals surface area contributed by atoms with Crippen molar-refractivity contribution in [1.82, 2.24) is 4.98 Å². The lowest BCUT2D eigenvalue weighted by Gasteiger charge is -2.08. The van der Waals surface area contributed by atoms with E-state index in [0.717, 1.165) is 6.20 Å². The van der Waals surface area contributed by atoms with Crippen LogP contribution in [-0.2, 0) is 0 Å². The van der Waals surface area contributed by atoms with Gasteiger partial charge in [0, 0.05) is 0 Å². The van der Waals surface area contributed by atoms with E-state index >= 15 is 0 Å². The molecule has 0 unspecified atom stereocenters. The van der Waals surface area contributed by atoms with Crippen molar-refractivity contribution >= 4 is 22.2 Å². The zero-order chi connectivity index (χ0) is 10.7. The molecule has 0 fully saturated rings. The Kier molecular flexibility index (Phi) is 3.51. The zero-order valence-electron chi connectivity index (χ0n) is 7.13. The quantitative estimate of drug-likeness (QED) is 0.789. The first-order valence-electron chi connectivity index (χ1n) is 3.57. The first-order chi connectivity index (χ1) is 6.61. The van der Waals surface area contributed by atoms with E-state index in [9.17, 15) is 13.6 Å². The van der Waals surface area contributed by atoms with Crippen molar-refractivity contribution in [3.05, 3.63) is 21.9 Å². The summed E-state index contributed by atoms with van der Waals surface area (Å²) < 4.78 is 29.7. The summed E-state index contributed by atoms with van der Waals surface area (Å²) >= 11 is 2.99. The molecule has 0 bridgehead atoms. The summed E-state index contributed by atoms with van der Waals surface area (Å²) in [6.07, 6.45) is -1.32. The third-order valence-corrected chi connectivity index (χ3v) is 2.41.